The van der Waals surface area contributed by atoms with Crippen molar-refractivity contribution in [2.45, 2.75) is 63.2 Å². The molecule has 1 saturated carbocycles. The normalized spacial score (nSPS) is 20.5. The Morgan fingerprint density at radius 1 is 0.818 bits per heavy atom. The molecule has 4 nitrogen and oxygen atoms in total. The molecule has 2 heterocycles. The van der Waals surface area contributed by atoms with Crippen LogP contribution in [0.15, 0.2) is 47.8 Å². The molecule has 2 aliphatic rings. The van der Waals surface area contributed by atoms with E-state index in [4.69, 9.17) is 9.57 Å². The van der Waals surface area contributed by atoms with Crippen LogP contribution in [-0.4, -0.2) is 17.8 Å². The molecule has 44 heavy (non-hydrogen) atoms. The zero-order chi connectivity index (χ0) is 32.4. The highest BCUT2D eigenvalue weighted by Crippen LogP contribution is 2.51. The summed E-state index contributed by atoms with van der Waals surface area (Å²) in [4.78, 5) is 8.97. The second kappa shape index (κ2) is 11.0. The van der Waals surface area contributed by atoms with Crippen molar-refractivity contribution in [3.63, 3.8) is 0 Å². The number of rotatable bonds is 5. The van der Waals surface area contributed by atoms with Gasteiger partial charge in [0, 0.05) is 35.2 Å². The molecule has 3 atom stereocenters. The molecule has 0 bridgehead atoms. The quantitative estimate of drug-likeness (QED) is 0.263. The maximum absolute atomic E-state index is 14.8. The van der Waals surface area contributed by atoms with Crippen LogP contribution in [0.4, 0.5) is 43.9 Å². The van der Waals surface area contributed by atoms with Gasteiger partial charge in [0.2, 0.25) is 0 Å². The van der Waals surface area contributed by atoms with E-state index in [-0.39, 0.29) is 58.5 Å². The summed E-state index contributed by atoms with van der Waals surface area (Å²) in [6.07, 6.45) is -15.1. The van der Waals surface area contributed by atoms with E-state index < -0.39 is 64.7 Å². The van der Waals surface area contributed by atoms with E-state index >= 15 is 0 Å². The van der Waals surface area contributed by atoms with Crippen LogP contribution in [0.5, 0.6) is 5.75 Å². The van der Waals surface area contributed by atoms with Crippen LogP contribution < -0.4 is 4.74 Å². The summed E-state index contributed by atoms with van der Waals surface area (Å²) >= 11 is 0. The minimum Gasteiger partial charge on any atom is -0.496 e. The second-order valence-corrected chi connectivity index (χ2v) is 11.0. The van der Waals surface area contributed by atoms with Gasteiger partial charge in [0.1, 0.15) is 17.3 Å². The Morgan fingerprint density at radius 3 is 2.00 bits per heavy atom. The minimum atomic E-state index is -5.08. The summed E-state index contributed by atoms with van der Waals surface area (Å²) in [5.41, 5.74) is -3.74. The molecule has 14 heteroatoms. The molecule has 1 aromatic heterocycles. The lowest BCUT2D eigenvalue weighted by molar-refractivity contribution is -0.143. The molecular weight excluding hydrogens is 610 g/mol. The molecule has 0 N–H and O–H groups in total. The largest absolute Gasteiger partial charge is 0.496 e. The van der Waals surface area contributed by atoms with Crippen LogP contribution in [0.3, 0.4) is 0 Å². The third-order valence-electron chi connectivity index (χ3n) is 7.91. The molecule has 3 aromatic rings. The molecule has 2 aromatic carbocycles. The molecule has 0 saturated heterocycles. The highest BCUT2D eigenvalue weighted by atomic mass is 19.4. The lowest BCUT2D eigenvalue weighted by Gasteiger charge is -2.21. The summed E-state index contributed by atoms with van der Waals surface area (Å²) in [6.45, 7) is 3.45. The number of methoxy groups -OCH3 is 1. The van der Waals surface area contributed by atoms with E-state index in [9.17, 15) is 43.9 Å². The third kappa shape index (κ3) is 5.82. The first kappa shape index (κ1) is 31.6. The number of ether oxygens (including phenoxy) is 1. The van der Waals surface area contributed by atoms with E-state index in [0.29, 0.717) is 12.1 Å². The number of alkyl halides is 9. The van der Waals surface area contributed by atoms with Gasteiger partial charge in [-0.1, -0.05) is 19.0 Å². The molecule has 1 fully saturated rings. The first-order valence-corrected chi connectivity index (χ1v) is 13.4. The van der Waals surface area contributed by atoms with E-state index in [0.717, 1.165) is 18.3 Å². The van der Waals surface area contributed by atoms with Crippen molar-refractivity contribution in [1.82, 2.24) is 4.98 Å². The van der Waals surface area contributed by atoms with Gasteiger partial charge < -0.3 is 9.57 Å². The average molecular weight is 635 g/mol. The number of nitrogens with zero attached hydrogens (tertiary/aromatic N) is 2. The molecular formula is C30H24F10N2O2. The van der Waals surface area contributed by atoms with Crippen LogP contribution in [0, 0.1) is 11.7 Å². The second-order valence-electron chi connectivity index (χ2n) is 11.0. The number of benzene rings is 2. The fourth-order valence-electron chi connectivity index (χ4n) is 5.81. The van der Waals surface area contributed by atoms with Gasteiger partial charge in [-0.25, -0.2) is 4.39 Å². The van der Waals surface area contributed by atoms with Gasteiger partial charge in [0.05, 0.1) is 23.9 Å². The zero-order valence-corrected chi connectivity index (χ0v) is 23.3. The summed E-state index contributed by atoms with van der Waals surface area (Å²) < 4.78 is 143. The highest BCUT2D eigenvalue weighted by molar-refractivity contribution is 5.97. The lowest BCUT2D eigenvalue weighted by Crippen LogP contribution is -2.18. The monoisotopic (exact) mass is 634 g/mol. The van der Waals surface area contributed by atoms with Gasteiger partial charge in [0.25, 0.3) is 0 Å². The molecule has 1 aliphatic heterocycles. The van der Waals surface area contributed by atoms with Crippen LogP contribution in [-0.2, 0) is 23.4 Å². The Bertz CT molecular complexity index is 1580. The van der Waals surface area contributed by atoms with E-state index in [1.807, 2.05) is 0 Å². The van der Waals surface area contributed by atoms with E-state index in [1.165, 1.54) is 13.2 Å². The van der Waals surface area contributed by atoms with Crippen molar-refractivity contribution in [2.75, 3.05) is 7.11 Å². The third-order valence-corrected chi connectivity index (χ3v) is 7.91. The van der Waals surface area contributed by atoms with Crippen LogP contribution in [0.1, 0.15) is 78.1 Å². The maximum Gasteiger partial charge on any atom is 0.433 e. The fraction of sp³-hybridized carbons (Fsp3) is 0.400. The first-order valence-electron chi connectivity index (χ1n) is 13.4. The number of oxime groups is 1. The van der Waals surface area contributed by atoms with Crippen molar-refractivity contribution in [3.05, 3.63) is 81.9 Å². The van der Waals surface area contributed by atoms with Crippen molar-refractivity contribution >= 4 is 5.71 Å². The number of aromatic nitrogens is 1. The number of hydrogen-bond donors (Lipinski definition) is 0. The van der Waals surface area contributed by atoms with Crippen LogP contribution >= 0.6 is 0 Å². The van der Waals surface area contributed by atoms with E-state index in [1.54, 1.807) is 13.8 Å². The van der Waals surface area contributed by atoms with Gasteiger partial charge in [0.15, 0.2) is 6.10 Å². The average Bonchev–Trinajstić information content (AvgIpc) is 3.53. The summed E-state index contributed by atoms with van der Waals surface area (Å²) in [5, 5.41) is 3.99. The van der Waals surface area contributed by atoms with Gasteiger partial charge in [-0.2, -0.15) is 39.5 Å². The van der Waals surface area contributed by atoms with Crippen molar-refractivity contribution < 1.29 is 53.5 Å². The fourth-order valence-corrected chi connectivity index (χ4v) is 5.81. The van der Waals surface area contributed by atoms with Crippen LogP contribution in [0.25, 0.3) is 11.1 Å². The van der Waals surface area contributed by atoms with Crippen molar-refractivity contribution in [3.8, 4) is 16.9 Å². The summed E-state index contributed by atoms with van der Waals surface area (Å²) in [7, 11) is 1.26. The van der Waals surface area contributed by atoms with Gasteiger partial charge in [-0.3, -0.25) is 4.98 Å². The Hall–Kier alpha value is -3.84. The van der Waals surface area contributed by atoms with Gasteiger partial charge in [-0.05, 0) is 65.8 Å². The van der Waals surface area contributed by atoms with E-state index in [2.05, 4.69) is 10.1 Å². The van der Waals surface area contributed by atoms with Crippen molar-refractivity contribution in [2.24, 2.45) is 11.1 Å². The number of pyridine rings is 1. The predicted molar refractivity (Wildman–Crippen MR) is 138 cm³/mol. The van der Waals surface area contributed by atoms with Crippen LogP contribution in [0.2, 0.25) is 0 Å². The molecule has 0 amide bonds. The number of hydrogen-bond acceptors (Lipinski definition) is 4. The Labute approximate surface area is 244 Å². The Balaban J connectivity index is 1.61. The molecule has 236 valence electrons. The minimum absolute atomic E-state index is 0.00107. The zero-order valence-electron chi connectivity index (χ0n) is 23.3. The lowest BCUT2D eigenvalue weighted by atomic mass is 9.85. The molecule has 0 radical (unpaired) electrons. The molecule has 0 unspecified atom stereocenters. The van der Waals surface area contributed by atoms with Crippen molar-refractivity contribution in [1.29, 1.82) is 0 Å². The number of halogens is 10. The summed E-state index contributed by atoms with van der Waals surface area (Å²) in [6, 6.07) is 4.51. The Kier molecular flexibility index (Phi) is 7.86. The first-order chi connectivity index (χ1) is 20.4. The Morgan fingerprint density at radius 2 is 1.45 bits per heavy atom. The SMILES string of the molecule is COc1cc(F)c(C(C)C)cc1-c1cnc(C(F)(F)F)cc1[C@@H]1CC[C@@H]2C1=NO[C@@H]2c1cc(C(F)(F)F)cc(C(F)(F)F)c1. The topological polar surface area (TPSA) is 43.7 Å². The standard InChI is InChI=1S/C30H24F10N2O2/c1-13(2)19-9-21(24(43-3)11-23(19)31)22-12-41-25(30(38,39)40)10-20(22)17-4-5-18-26(17)42-44-27(18)14-6-15(28(32,33)34)8-16(7-14)29(35,36)37/h6-13,17-18,27H,4-5H2,1-3H3/t17-,18+,27+/m0/s1. The molecule has 5 rings (SSSR count). The predicted octanol–water partition coefficient (Wildman–Crippen LogP) is 9.70. The van der Waals surface area contributed by atoms with Gasteiger partial charge >= 0.3 is 18.5 Å². The smallest absolute Gasteiger partial charge is 0.433 e. The number of fused-ring (bicyclic) bond motifs is 1. The molecule has 1 aliphatic carbocycles. The summed E-state index contributed by atoms with van der Waals surface area (Å²) in [5.74, 6) is -2.55. The van der Waals surface area contributed by atoms with Gasteiger partial charge in [-0.15, -0.1) is 0 Å². The molecule has 0 spiro atoms. The highest BCUT2D eigenvalue weighted by Gasteiger charge is 2.47. The maximum atomic E-state index is 14.8.